The summed E-state index contributed by atoms with van der Waals surface area (Å²) in [7, 11) is 0. The highest BCUT2D eigenvalue weighted by Gasteiger charge is 2.86. The number of carbonyl (C=O) groups excluding carboxylic acids is 2. The average molecular weight is 336 g/mol. The summed E-state index contributed by atoms with van der Waals surface area (Å²) in [6.07, 6.45) is 3.40. The van der Waals surface area contributed by atoms with Crippen molar-refractivity contribution in [2.24, 2.45) is 22.7 Å². The molecule has 0 aromatic carbocycles. The first-order valence-corrected chi connectivity index (χ1v) is 6.60. The second-order valence-corrected chi connectivity index (χ2v) is 4.89. The number of esters is 2. The Morgan fingerprint density at radius 2 is 1.04 bits per heavy atom. The molecule has 0 heterocycles. The van der Waals surface area contributed by atoms with Crippen LogP contribution in [0.4, 0.5) is 0 Å². The lowest BCUT2D eigenvalue weighted by Gasteiger charge is -2.58. The van der Waals surface area contributed by atoms with E-state index in [9.17, 15) is 29.4 Å². The molecule has 0 aromatic heterocycles. The minimum Gasteiger partial charge on any atom is -0.480 e. The van der Waals surface area contributed by atoms with E-state index in [2.05, 4.69) is 35.8 Å². The van der Waals surface area contributed by atoms with Gasteiger partial charge in [-0.2, -0.15) is 0 Å². The molecule has 0 radical (unpaired) electrons. The standard InChI is InChI=1S/C16H16O8/c1-5-9-10(6-2)16(12(19)20,14(22)24-8-4)15(9,11(17)18)13(21)23-7-3/h5-10H,1-4H2,(H,17,18)(H,19,20). The first kappa shape index (κ1) is 18.9. The van der Waals surface area contributed by atoms with Gasteiger partial charge in [-0.3, -0.25) is 19.2 Å². The predicted molar refractivity (Wildman–Crippen MR) is 80.1 cm³/mol. The van der Waals surface area contributed by atoms with Crippen molar-refractivity contribution in [3.05, 3.63) is 51.0 Å². The molecule has 1 rings (SSSR count). The number of carboxylic acids is 2. The quantitative estimate of drug-likeness (QED) is 0.292. The minimum absolute atomic E-state index is 0.639. The average Bonchev–Trinajstić information content (AvgIpc) is 2.47. The number of carbonyl (C=O) groups is 4. The summed E-state index contributed by atoms with van der Waals surface area (Å²) in [5.74, 6) is -9.24. The van der Waals surface area contributed by atoms with Crippen molar-refractivity contribution in [3.63, 3.8) is 0 Å². The molecule has 1 aliphatic carbocycles. The summed E-state index contributed by atoms with van der Waals surface area (Å²) in [5, 5.41) is 19.4. The Morgan fingerprint density at radius 1 is 0.750 bits per heavy atom. The highest BCUT2D eigenvalue weighted by molar-refractivity contribution is 6.17. The van der Waals surface area contributed by atoms with E-state index < -0.39 is 46.5 Å². The number of carboxylic acid groups (broad SMARTS) is 2. The maximum absolute atomic E-state index is 12.4. The van der Waals surface area contributed by atoms with Crippen LogP contribution >= 0.6 is 0 Å². The molecule has 0 aromatic rings. The van der Waals surface area contributed by atoms with Crippen LogP contribution in [0.1, 0.15) is 0 Å². The molecule has 2 N–H and O–H groups in total. The summed E-state index contributed by atoms with van der Waals surface area (Å²) in [5.41, 5.74) is -5.60. The normalized spacial score (nSPS) is 30.8. The fourth-order valence-electron chi connectivity index (χ4n) is 3.34. The third-order valence-electron chi connectivity index (χ3n) is 4.22. The number of aliphatic carboxylic acids is 2. The molecule has 0 bridgehead atoms. The lowest BCUT2D eigenvalue weighted by atomic mass is 9.37. The number of hydrogen-bond acceptors (Lipinski definition) is 6. The highest BCUT2D eigenvalue weighted by atomic mass is 16.5. The second kappa shape index (κ2) is 6.53. The van der Waals surface area contributed by atoms with Crippen LogP contribution < -0.4 is 0 Å². The molecule has 1 saturated carbocycles. The van der Waals surface area contributed by atoms with Crippen LogP contribution in [0.3, 0.4) is 0 Å². The van der Waals surface area contributed by atoms with E-state index in [1.165, 1.54) is 0 Å². The molecule has 0 spiro atoms. The first-order chi connectivity index (χ1) is 11.2. The lowest BCUT2D eigenvalue weighted by molar-refractivity contribution is -0.231. The topological polar surface area (TPSA) is 127 Å². The number of ether oxygens (including phenoxy) is 2. The van der Waals surface area contributed by atoms with Gasteiger partial charge in [0, 0.05) is 11.8 Å². The Balaban J connectivity index is 3.88. The van der Waals surface area contributed by atoms with Crippen molar-refractivity contribution >= 4 is 23.9 Å². The smallest absolute Gasteiger partial charge is 0.330 e. The van der Waals surface area contributed by atoms with Crippen LogP contribution in [0.5, 0.6) is 0 Å². The van der Waals surface area contributed by atoms with Gasteiger partial charge >= 0.3 is 23.9 Å². The zero-order valence-corrected chi connectivity index (χ0v) is 12.6. The monoisotopic (exact) mass is 336 g/mol. The molecule has 4 unspecified atom stereocenters. The summed E-state index contributed by atoms with van der Waals surface area (Å²) in [6.45, 7) is 13.1. The second-order valence-electron chi connectivity index (χ2n) is 4.89. The van der Waals surface area contributed by atoms with Crippen LogP contribution in [0.25, 0.3) is 0 Å². The first-order valence-electron chi connectivity index (χ1n) is 6.60. The zero-order valence-electron chi connectivity index (χ0n) is 12.6. The van der Waals surface area contributed by atoms with Gasteiger partial charge in [0.05, 0.1) is 12.5 Å². The summed E-state index contributed by atoms with van der Waals surface area (Å²) in [4.78, 5) is 48.7. The maximum atomic E-state index is 12.4. The van der Waals surface area contributed by atoms with Crippen molar-refractivity contribution in [1.82, 2.24) is 0 Å². The zero-order chi connectivity index (χ0) is 18.7. The molecule has 0 aliphatic heterocycles. The van der Waals surface area contributed by atoms with Gasteiger partial charge in [-0.15, -0.1) is 13.2 Å². The van der Waals surface area contributed by atoms with E-state index >= 15 is 0 Å². The fraction of sp³-hybridized carbons (Fsp3) is 0.250. The summed E-state index contributed by atoms with van der Waals surface area (Å²) in [6, 6.07) is 0. The van der Waals surface area contributed by atoms with E-state index in [1.54, 1.807) is 0 Å². The number of hydrogen-bond donors (Lipinski definition) is 2. The van der Waals surface area contributed by atoms with Gasteiger partial charge in [-0.05, 0) is 0 Å². The van der Waals surface area contributed by atoms with Crippen molar-refractivity contribution in [3.8, 4) is 0 Å². The molecule has 8 heteroatoms. The molecule has 1 fully saturated rings. The molecule has 1 aliphatic rings. The molecule has 24 heavy (non-hydrogen) atoms. The SMILES string of the molecule is C=COC(=O)C1(C(=O)O)C(C=C)C(C=C)C1(C(=O)O)C(=O)OC=C. The molecular formula is C16H16O8. The van der Waals surface area contributed by atoms with Crippen LogP contribution in [0.2, 0.25) is 0 Å². The van der Waals surface area contributed by atoms with E-state index in [0.717, 1.165) is 12.2 Å². The Bertz CT molecular complexity index is 592. The predicted octanol–water partition coefficient (Wildman–Crippen LogP) is 1.12. The van der Waals surface area contributed by atoms with Gasteiger partial charge in [-0.1, -0.05) is 25.3 Å². The Morgan fingerprint density at radius 3 is 1.21 bits per heavy atom. The molecule has 128 valence electrons. The van der Waals surface area contributed by atoms with Crippen molar-refractivity contribution in [1.29, 1.82) is 0 Å². The van der Waals surface area contributed by atoms with Gasteiger partial charge < -0.3 is 19.7 Å². The van der Waals surface area contributed by atoms with Crippen LogP contribution in [-0.4, -0.2) is 34.1 Å². The third kappa shape index (κ3) is 1.92. The Kier molecular flexibility index (Phi) is 5.14. The maximum Gasteiger partial charge on any atom is 0.330 e. The molecule has 8 nitrogen and oxygen atoms in total. The summed E-state index contributed by atoms with van der Waals surface area (Å²) >= 11 is 0. The largest absolute Gasteiger partial charge is 0.480 e. The Labute approximate surface area is 137 Å². The third-order valence-corrected chi connectivity index (χ3v) is 4.22. The number of rotatable bonds is 8. The van der Waals surface area contributed by atoms with Crippen molar-refractivity contribution in [2.75, 3.05) is 0 Å². The van der Waals surface area contributed by atoms with Crippen molar-refractivity contribution < 1.29 is 38.9 Å². The van der Waals surface area contributed by atoms with Crippen molar-refractivity contribution in [2.45, 2.75) is 0 Å². The Hall–Kier alpha value is -3.16. The summed E-state index contributed by atoms with van der Waals surface area (Å²) < 4.78 is 9.07. The lowest BCUT2D eigenvalue weighted by Crippen LogP contribution is -2.77. The molecule has 4 atom stereocenters. The van der Waals surface area contributed by atoms with E-state index in [4.69, 9.17) is 0 Å². The molecular weight excluding hydrogens is 320 g/mol. The molecule has 0 amide bonds. The van der Waals surface area contributed by atoms with E-state index in [-0.39, 0.29) is 0 Å². The highest BCUT2D eigenvalue weighted by Crippen LogP contribution is 2.67. The van der Waals surface area contributed by atoms with Crippen LogP contribution in [0, 0.1) is 22.7 Å². The van der Waals surface area contributed by atoms with Crippen LogP contribution in [0.15, 0.2) is 51.0 Å². The van der Waals surface area contributed by atoms with Crippen LogP contribution in [-0.2, 0) is 28.7 Å². The van der Waals surface area contributed by atoms with Gasteiger partial charge in [0.15, 0.2) is 10.8 Å². The van der Waals surface area contributed by atoms with Gasteiger partial charge in [0.25, 0.3) is 0 Å². The fourth-order valence-corrected chi connectivity index (χ4v) is 3.34. The molecule has 0 saturated heterocycles. The van der Waals surface area contributed by atoms with E-state index in [1.807, 2.05) is 0 Å². The minimum atomic E-state index is -2.80. The number of allylic oxidation sites excluding steroid dienone is 2. The van der Waals surface area contributed by atoms with Gasteiger partial charge in [-0.25, -0.2) is 0 Å². The van der Waals surface area contributed by atoms with Gasteiger partial charge in [0.2, 0.25) is 0 Å². The van der Waals surface area contributed by atoms with E-state index in [0.29, 0.717) is 12.5 Å². The van der Waals surface area contributed by atoms with Gasteiger partial charge in [0.1, 0.15) is 0 Å².